The second-order valence-corrected chi connectivity index (χ2v) is 7.85. The highest BCUT2D eigenvalue weighted by molar-refractivity contribution is 6.03. The van der Waals surface area contributed by atoms with Crippen LogP contribution >= 0.6 is 0 Å². The summed E-state index contributed by atoms with van der Waals surface area (Å²) in [6.07, 6.45) is 2.39. The molecule has 0 radical (unpaired) electrons. The first-order chi connectivity index (χ1) is 15.9. The molecule has 33 heavy (non-hydrogen) atoms. The molecule has 170 valence electrons. The van der Waals surface area contributed by atoms with E-state index < -0.39 is 6.43 Å². The number of benzene rings is 1. The van der Waals surface area contributed by atoms with E-state index in [-0.39, 0.29) is 30.9 Å². The molecule has 0 fully saturated rings. The van der Waals surface area contributed by atoms with Gasteiger partial charge in [0.05, 0.1) is 11.4 Å². The molecule has 3 aromatic rings. The van der Waals surface area contributed by atoms with E-state index in [9.17, 15) is 13.6 Å². The van der Waals surface area contributed by atoms with Crippen LogP contribution in [-0.4, -0.2) is 31.9 Å². The van der Waals surface area contributed by atoms with Gasteiger partial charge in [-0.05, 0) is 24.6 Å². The Morgan fingerprint density at radius 3 is 2.52 bits per heavy atom. The van der Waals surface area contributed by atoms with Gasteiger partial charge in [0.25, 0.3) is 5.56 Å². The molecule has 0 aliphatic carbocycles. The Kier molecular flexibility index (Phi) is 6.67. The Balaban J connectivity index is 1.53. The van der Waals surface area contributed by atoms with Gasteiger partial charge in [-0.1, -0.05) is 42.4 Å². The maximum absolute atomic E-state index is 12.7. The number of aryl methyl sites for hydroxylation is 2. The van der Waals surface area contributed by atoms with Crippen molar-refractivity contribution in [3.8, 4) is 11.3 Å². The number of hydrogen-bond donors (Lipinski definition) is 0. The molecule has 0 unspecified atom stereocenters. The summed E-state index contributed by atoms with van der Waals surface area (Å²) < 4.78 is 26.1. The number of rotatable bonds is 7. The van der Waals surface area contributed by atoms with Gasteiger partial charge in [0.15, 0.2) is 5.76 Å². The fourth-order valence-corrected chi connectivity index (χ4v) is 3.51. The molecule has 0 saturated heterocycles. The summed E-state index contributed by atoms with van der Waals surface area (Å²) in [6.45, 7) is 3.84. The molecule has 2 aromatic heterocycles. The van der Waals surface area contributed by atoms with Crippen molar-refractivity contribution in [2.45, 2.75) is 39.7 Å². The third-order valence-corrected chi connectivity index (χ3v) is 5.24. The Bertz CT molecular complexity index is 1240. The lowest BCUT2D eigenvalue weighted by atomic mass is 9.97. The standard InChI is InChI=1S/C24H23F2N5O2/c1-15-10-19(33-30-23(15)17-6-4-3-5-7-17)14-31-24(32)16(2)11-20(29-31)18-12-27-22(28-13-18)9-8-21(25)26/h3-7,10-13,15,21H,8-9,14H2,1-2H3/t15-/m0/s1. The summed E-state index contributed by atoms with van der Waals surface area (Å²) in [4.78, 5) is 26.6. The predicted octanol–water partition coefficient (Wildman–Crippen LogP) is 4.16. The Hall–Kier alpha value is -3.75. The van der Waals surface area contributed by atoms with Crippen molar-refractivity contribution < 1.29 is 13.6 Å². The van der Waals surface area contributed by atoms with Crippen molar-refractivity contribution in [3.05, 3.63) is 87.9 Å². The number of hydrogen-bond acceptors (Lipinski definition) is 6. The first-order valence-corrected chi connectivity index (χ1v) is 10.6. The van der Waals surface area contributed by atoms with Crippen molar-refractivity contribution in [1.82, 2.24) is 19.7 Å². The molecule has 4 rings (SSSR count). The summed E-state index contributed by atoms with van der Waals surface area (Å²) in [5.41, 5.74) is 3.14. The van der Waals surface area contributed by atoms with E-state index in [1.54, 1.807) is 13.0 Å². The lowest BCUT2D eigenvalue weighted by Crippen LogP contribution is -2.27. The van der Waals surface area contributed by atoms with E-state index in [2.05, 4.69) is 20.2 Å². The second-order valence-electron chi connectivity index (χ2n) is 7.85. The van der Waals surface area contributed by atoms with Crippen LogP contribution in [0.1, 0.15) is 30.3 Å². The smallest absolute Gasteiger partial charge is 0.270 e. The van der Waals surface area contributed by atoms with E-state index in [0.717, 1.165) is 11.3 Å². The molecule has 1 atom stereocenters. The third-order valence-electron chi connectivity index (χ3n) is 5.24. The monoisotopic (exact) mass is 451 g/mol. The van der Waals surface area contributed by atoms with Gasteiger partial charge in [-0.25, -0.2) is 23.4 Å². The van der Waals surface area contributed by atoms with Gasteiger partial charge in [-0.2, -0.15) is 5.10 Å². The average Bonchev–Trinajstić information content (AvgIpc) is 2.81. The Morgan fingerprint density at radius 1 is 1.12 bits per heavy atom. The van der Waals surface area contributed by atoms with Gasteiger partial charge < -0.3 is 4.84 Å². The highest BCUT2D eigenvalue weighted by Crippen LogP contribution is 2.21. The van der Waals surface area contributed by atoms with Gasteiger partial charge >= 0.3 is 0 Å². The minimum absolute atomic E-state index is 0.00492. The van der Waals surface area contributed by atoms with Crippen LogP contribution in [0, 0.1) is 12.8 Å². The molecule has 0 bridgehead atoms. The molecule has 0 amide bonds. The van der Waals surface area contributed by atoms with Crippen molar-refractivity contribution in [2.75, 3.05) is 0 Å². The molecule has 1 aromatic carbocycles. The Labute approximate surface area is 189 Å². The third kappa shape index (κ3) is 5.36. The largest absolute Gasteiger partial charge is 0.359 e. The fourth-order valence-electron chi connectivity index (χ4n) is 3.51. The number of nitrogens with zero attached hydrogens (tertiary/aromatic N) is 5. The highest BCUT2D eigenvalue weighted by Gasteiger charge is 2.20. The molecule has 1 aliphatic rings. The summed E-state index contributed by atoms with van der Waals surface area (Å²) >= 11 is 0. The van der Waals surface area contributed by atoms with Crippen molar-refractivity contribution >= 4 is 5.71 Å². The summed E-state index contributed by atoms with van der Waals surface area (Å²) in [5, 5.41) is 8.70. The first kappa shape index (κ1) is 22.4. The van der Waals surface area contributed by atoms with Crippen LogP contribution in [-0.2, 0) is 17.8 Å². The van der Waals surface area contributed by atoms with Gasteiger partial charge in [-0.3, -0.25) is 4.79 Å². The molecule has 9 heteroatoms. The van der Waals surface area contributed by atoms with Crippen LogP contribution in [0.2, 0.25) is 0 Å². The van der Waals surface area contributed by atoms with E-state index >= 15 is 0 Å². The van der Waals surface area contributed by atoms with Gasteiger partial charge in [-0.15, -0.1) is 0 Å². The lowest BCUT2D eigenvalue weighted by Gasteiger charge is -2.19. The second kappa shape index (κ2) is 9.81. The minimum Gasteiger partial charge on any atom is -0.359 e. The van der Waals surface area contributed by atoms with E-state index in [1.165, 1.54) is 17.1 Å². The average molecular weight is 451 g/mol. The SMILES string of the molecule is Cc1cc(-c2cnc(CCC(F)F)nc2)nn(CC2=C[C@H](C)C(c3ccccc3)=NO2)c1=O. The predicted molar refractivity (Wildman–Crippen MR) is 120 cm³/mol. The van der Waals surface area contributed by atoms with Gasteiger partial charge in [0, 0.05) is 42.3 Å². The fraction of sp³-hybridized carbons (Fsp3) is 0.292. The quantitative estimate of drug-likeness (QED) is 0.539. The zero-order valence-corrected chi connectivity index (χ0v) is 18.3. The number of allylic oxidation sites excluding steroid dienone is 2. The molecule has 1 aliphatic heterocycles. The van der Waals surface area contributed by atoms with Crippen LogP contribution in [0.4, 0.5) is 8.78 Å². The molecule has 0 spiro atoms. The number of alkyl halides is 2. The van der Waals surface area contributed by atoms with E-state index in [1.807, 2.05) is 43.3 Å². The molecular weight excluding hydrogens is 428 g/mol. The topological polar surface area (TPSA) is 82.3 Å². The van der Waals surface area contributed by atoms with Crippen LogP contribution < -0.4 is 5.56 Å². The highest BCUT2D eigenvalue weighted by atomic mass is 19.3. The summed E-state index contributed by atoms with van der Waals surface area (Å²) in [5.74, 6) is 0.864. The van der Waals surface area contributed by atoms with E-state index in [4.69, 9.17) is 4.84 Å². The molecule has 3 heterocycles. The van der Waals surface area contributed by atoms with Crippen molar-refractivity contribution in [3.63, 3.8) is 0 Å². The molecule has 0 N–H and O–H groups in total. The number of oxime groups is 1. The normalized spacial score (nSPS) is 15.7. The molecule has 0 saturated carbocycles. The van der Waals surface area contributed by atoms with Gasteiger partial charge in [0.1, 0.15) is 12.4 Å². The van der Waals surface area contributed by atoms with Gasteiger partial charge in [0.2, 0.25) is 6.43 Å². The lowest BCUT2D eigenvalue weighted by molar-refractivity contribution is 0.137. The maximum atomic E-state index is 12.7. The van der Waals surface area contributed by atoms with Crippen LogP contribution in [0.25, 0.3) is 11.3 Å². The summed E-state index contributed by atoms with van der Waals surface area (Å²) in [6, 6.07) is 11.4. The van der Waals surface area contributed by atoms with Crippen molar-refractivity contribution in [2.24, 2.45) is 11.1 Å². The van der Waals surface area contributed by atoms with Crippen LogP contribution in [0.15, 0.2) is 70.6 Å². The Morgan fingerprint density at radius 2 is 1.85 bits per heavy atom. The first-order valence-electron chi connectivity index (χ1n) is 10.6. The van der Waals surface area contributed by atoms with Crippen LogP contribution in [0.5, 0.6) is 0 Å². The van der Waals surface area contributed by atoms with Crippen LogP contribution in [0.3, 0.4) is 0 Å². The molecular formula is C24H23F2N5O2. The molecule has 7 nitrogen and oxygen atoms in total. The summed E-state index contributed by atoms with van der Waals surface area (Å²) in [7, 11) is 0. The zero-order chi connectivity index (χ0) is 23.4. The number of aromatic nitrogens is 4. The zero-order valence-electron chi connectivity index (χ0n) is 18.3. The van der Waals surface area contributed by atoms with Crippen molar-refractivity contribution in [1.29, 1.82) is 0 Å². The number of halogens is 2. The van der Waals surface area contributed by atoms with E-state index in [0.29, 0.717) is 28.4 Å². The maximum Gasteiger partial charge on any atom is 0.270 e. The minimum atomic E-state index is -2.40.